The van der Waals surface area contributed by atoms with Crippen molar-refractivity contribution in [3.63, 3.8) is 0 Å². The van der Waals surface area contributed by atoms with Gasteiger partial charge in [0.15, 0.2) is 11.5 Å². The van der Waals surface area contributed by atoms with Gasteiger partial charge >= 0.3 is 0 Å². The molecule has 0 bridgehead atoms. The van der Waals surface area contributed by atoms with Crippen molar-refractivity contribution in [3.05, 3.63) is 53.1 Å². The Morgan fingerprint density at radius 3 is 2.45 bits per heavy atom. The van der Waals surface area contributed by atoms with Gasteiger partial charge in [0.1, 0.15) is 0 Å². The van der Waals surface area contributed by atoms with E-state index in [1.165, 1.54) is 29.6 Å². The molecule has 0 unspecified atom stereocenters. The Bertz CT molecular complexity index is 1150. The minimum atomic E-state index is -3.66. The topological polar surface area (TPSA) is 121 Å². The molecule has 0 atom stereocenters. The third kappa shape index (κ3) is 5.74. The van der Waals surface area contributed by atoms with Crippen LogP contribution in [0.4, 0.5) is 5.69 Å². The maximum atomic E-state index is 13.2. The molecule has 3 rings (SSSR count). The number of methoxy groups -OCH3 is 2. The lowest BCUT2D eigenvalue weighted by molar-refractivity contribution is 0.0951. The van der Waals surface area contributed by atoms with Crippen LogP contribution in [0.15, 0.2) is 36.4 Å². The molecule has 2 aromatic carbocycles. The van der Waals surface area contributed by atoms with Gasteiger partial charge in [0, 0.05) is 12.6 Å². The van der Waals surface area contributed by atoms with Crippen molar-refractivity contribution in [2.24, 2.45) is 0 Å². The molecule has 1 aliphatic heterocycles. The van der Waals surface area contributed by atoms with Gasteiger partial charge in [-0.05, 0) is 61.8 Å². The number of nitrogens with one attached hydrogen (secondary N) is 2. The summed E-state index contributed by atoms with van der Waals surface area (Å²) >= 11 is 0. The second-order valence-electron chi connectivity index (χ2n) is 7.76. The van der Waals surface area contributed by atoms with E-state index in [4.69, 9.17) is 9.47 Å². The van der Waals surface area contributed by atoms with E-state index in [0.717, 1.165) is 11.8 Å². The molecule has 1 aliphatic rings. The second kappa shape index (κ2) is 10.6. The van der Waals surface area contributed by atoms with E-state index in [9.17, 15) is 18.5 Å². The number of anilines is 1. The van der Waals surface area contributed by atoms with Crippen LogP contribution >= 0.6 is 0 Å². The summed E-state index contributed by atoms with van der Waals surface area (Å²) in [5, 5.41) is 15.4. The smallest absolute Gasteiger partial charge is 0.253 e. The molecule has 0 saturated carbocycles. The summed E-state index contributed by atoms with van der Waals surface area (Å²) in [7, 11) is -0.596. The molecule has 0 aromatic heterocycles. The van der Waals surface area contributed by atoms with Gasteiger partial charge in [-0.25, -0.2) is 8.42 Å². The largest absolute Gasteiger partial charge is 0.493 e. The van der Waals surface area contributed by atoms with E-state index in [1.807, 2.05) is 6.07 Å². The molecule has 0 spiro atoms. The van der Waals surface area contributed by atoms with E-state index >= 15 is 0 Å². The van der Waals surface area contributed by atoms with E-state index in [2.05, 4.69) is 10.6 Å². The zero-order valence-electron chi connectivity index (χ0n) is 18.9. The summed E-state index contributed by atoms with van der Waals surface area (Å²) in [6.45, 7) is 1.56. The van der Waals surface area contributed by atoms with Crippen LogP contribution in [0.25, 0.3) is 0 Å². The van der Waals surface area contributed by atoms with Crippen LogP contribution in [-0.4, -0.2) is 53.9 Å². The van der Waals surface area contributed by atoms with Crippen molar-refractivity contribution in [2.75, 3.05) is 37.9 Å². The number of sulfonamides is 1. The number of ether oxygens (including phenoxy) is 2. The van der Waals surface area contributed by atoms with Crippen molar-refractivity contribution in [1.29, 1.82) is 5.26 Å². The molecule has 1 heterocycles. The van der Waals surface area contributed by atoms with E-state index in [-0.39, 0.29) is 29.4 Å². The van der Waals surface area contributed by atoms with Crippen molar-refractivity contribution in [2.45, 2.75) is 25.4 Å². The van der Waals surface area contributed by atoms with E-state index in [1.54, 1.807) is 25.3 Å². The van der Waals surface area contributed by atoms with Crippen LogP contribution in [0.5, 0.6) is 11.5 Å². The Morgan fingerprint density at radius 2 is 1.85 bits per heavy atom. The number of hydrogen-bond donors (Lipinski definition) is 2. The number of amides is 1. The Kier molecular flexibility index (Phi) is 7.79. The van der Waals surface area contributed by atoms with Gasteiger partial charge in [-0.1, -0.05) is 6.07 Å². The van der Waals surface area contributed by atoms with Crippen molar-refractivity contribution < 1.29 is 22.7 Å². The van der Waals surface area contributed by atoms with Crippen LogP contribution in [0.2, 0.25) is 0 Å². The number of rotatable bonds is 8. The number of carbonyl (C=O) groups is 1. The number of piperidine rings is 1. The molecule has 0 radical (unpaired) electrons. The quantitative estimate of drug-likeness (QED) is 0.603. The summed E-state index contributed by atoms with van der Waals surface area (Å²) < 4.78 is 37.4. The van der Waals surface area contributed by atoms with Crippen molar-refractivity contribution in [3.8, 4) is 17.6 Å². The highest BCUT2D eigenvalue weighted by atomic mass is 32.2. The van der Waals surface area contributed by atoms with Gasteiger partial charge in [0.25, 0.3) is 5.91 Å². The van der Waals surface area contributed by atoms with Crippen LogP contribution < -0.4 is 24.4 Å². The van der Waals surface area contributed by atoms with Crippen molar-refractivity contribution in [1.82, 2.24) is 10.6 Å². The molecule has 1 fully saturated rings. The Hall–Kier alpha value is -3.29. The zero-order valence-corrected chi connectivity index (χ0v) is 19.7. The number of hydrogen-bond acceptors (Lipinski definition) is 7. The number of nitriles is 1. The summed E-state index contributed by atoms with van der Waals surface area (Å²) in [5.74, 6) is 0.632. The van der Waals surface area contributed by atoms with Crippen LogP contribution in [0.1, 0.15) is 34.3 Å². The lowest BCUT2D eigenvalue weighted by Gasteiger charge is -2.35. The number of nitrogens with zero attached hydrogens (tertiary/aromatic N) is 2. The maximum absolute atomic E-state index is 13.2. The molecule has 9 nitrogen and oxygen atoms in total. The Labute approximate surface area is 194 Å². The highest BCUT2D eigenvalue weighted by Crippen LogP contribution is 2.30. The average molecular weight is 473 g/mol. The summed E-state index contributed by atoms with van der Waals surface area (Å²) in [6, 6.07) is 11.5. The zero-order chi connectivity index (χ0) is 24.0. The minimum Gasteiger partial charge on any atom is -0.493 e. The van der Waals surface area contributed by atoms with Crippen LogP contribution in [0.3, 0.4) is 0 Å². The first kappa shape index (κ1) is 24.4. The van der Waals surface area contributed by atoms with Gasteiger partial charge in [-0.3, -0.25) is 9.10 Å². The van der Waals surface area contributed by atoms with Crippen LogP contribution in [0, 0.1) is 11.3 Å². The molecule has 10 heteroatoms. The van der Waals surface area contributed by atoms with Gasteiger partial charge < -0.3 is 20.1 Å². The fourth-order valence-corrected chi connectivity index (χ4v) is 5.20. The molecule has 33 heavy (non-hydrogen) atoms. The normalized spacial score (nSPS) is 14.2. The maximum Gasteiger partial charge on any atom is 0.253 e. The lowest BCUT2D eigenvalue weighted by Crippen LogP contribution is -2.46. The summed E-state index contributed by atoms with van der Waals surface area (Å²) in [5.41, 5.74) is 1.46. The van der Waals surface area contributed by atoms with Gasteiger partial charge in [-0.15, -0.1) is 0 Å². The minimum absolute atomic E-state index is 0.137. The molecule has 0 aliphatic carbocycles. The molecule has 176 valence electrons. The summed E-state index contributed by atoms with van der Waals surface area (Å²) in [4.78, 5) is 13.2. The first-order valence-corrected chi connectivity index (χ1v) is 12.4. The third-order valence-electron chi connectivity index (χ3n) is 5.51. The van der Waals surface area contributed by atoms with Gasteiger partial charge in [0.05, 0.1) is 43.4 Å². The van der Waals surface area contributed by atoms with E-state index in [0.29, 0.717) is 37.4 Å². The fourth-order valence-electron chi connectivity index (χ4n) is 3.94. The highest BCUT2D eigenvalue weighted by Gasteiger charge is 2.31. The molecule has 2 N–H and O–H groups in total. The first-order chi connectivity index (χ1) is 15.8. The predicted octanol–water partition coefficient (Wildman–Crippen LogP) is 2.02. The average Bonchev–Trinajstić information content (AvgIpc) is 2.82. The molecule has 1 amide bonds. The first-order valence-electron chi connectivity index (χ1n) is 10.5. The van der Waals surface area contributed by atoms with E-state index < -0.39 is 15.9 Å². The molecular formula is C23H28N4O5S. The Morgan fingerprint density at radius 1 is 1.15 bits per heavy atom. The number of carbonyl (C=O) groups excluding carboxylic acids is 1. The van der Waals surface area contributed by atoms with Crippen molar-refractivity contribution >= 4 is 21.6 Å². The molecule has 2 aromatic rings. The van der Waals surface area contributed by atoms with Gasteiger partial charge in [0.2, 0.25) is 10.0 Å². The molecule has 1 saturated heterocycles. The Balaban J connectivity index is 1.93. The second-order valence-corrected chi connectivity index (χ2v) is 9.62. The third-order valence-corrected chi connectivity index (χ3v) is 6.72. The SMILES string of the molecule is COc1ccc(CNC(=O)c2cc(C#N)ccc2N(C2CCNCC2)S(C)(=O)=O)cc1OC. The monoisotopic (exact) mass is 472 g/mol. The molecular weight excluding hydrogens is 444 g/mol. The predicted molar refractivity (Wildman–Crippen MR) is 125 cm³/mol. The van der Waals surface area contributed by atoms with Gasteiger partial charge in [-0.2, -0.15) is 5.26 Å². The number of benzene rings is 2. The van der Waals surface area contributed by atoms with Crippen LogP contribution in [-0.2, 0) is 16.6 Å². The lowest BCUT2D eigenvalue weighted by atomic mass is 10.0. The fraction of sp³-hybridized carbons (Fsp3) is 0.391. The summed E-state index contributed by atoms with van der Waals surface area (Å²) in [6.07, 6.45) is 2.39. The highest BCUT2D eigenvalue weighted by molar-refractivity contribution is 7.92. The standard InChI is InChI=1S/C23H28N4O5S/c1-31-21-7-5-17(13-22(21)32-2)15-26-23(28)19-12-16(14-24)4-6-20(19)27(33(3,29)30)18-8-10-25-11-9-18/h4-7,12-13,18,25H,8-11,15H2,1-3H3,(H,26,28).